The Morgan fingerprint density at radius 3 is 2.02 bits per heavy atom. The first-order valence-electron chi connectivity index (χ1n) is 22.3. The second kappa shape index (κ2) is 14.9. The van der Waals surface area contributed by atoms with Crippen molar-refractivity contribution >= 4 is 27.5 Å². The third-order valence-corrected chi connectivity index (χ3v) is 20.0. The highest BCUT2D eigenvalue weighted by Gasteiger charge is 2.70. The molecule has 2 aromatic rings. The largest absolute Gasteiger partial charge is 0.478 e. The van der Waals surface area contributed by atoms with Crippen molar-refractivity contribution in [2.45, 2.75) is 110 Å². The smallest absolute Gasteiger partial charge is 0.335 e. The first kappa shape index (κ1) is 42.4. The first-order valence-corrected chi connectivity index (χ1v) is 23.7. The monoisotopic (exact) mass is 825 g/mol. The number of carboxylic acid groups (broad SMARTS) is 2. The lowest BCUT2D eigenvalue weighted by atomic mass is 9.33. The molecular weight excluding hydrogens is 759 g/mol. The van der Waals surface area contributed by atoms with Crippen molar-refractivity contribution in [1.29, 1.82) is 0 Å². The summed E-state index contributed by atoms with van der Waals surface area (Å²) in [6.45, 7) is 23.7. The molecule has 9 nitrogen and oxygen atoms in total. The van der Waals surface area contributed by atoms with Crippen molar-refractivity contribution < 1.29 is 28.2 Å². The highest BCUT2D eigenvalue weighted by Crippen LogP contribution is 2.76. The van der Waals surface area contributed by atoms with E-state index in [1.165, 1.54) is 91.1 Å². The zero-order valence-electron chi connectivity index (χ0n) is 36.2. The molecule has 9 unspecified atom stereocenters. The van der Waals surface area contributed by atoms with Crippen LogP contribution in [0.4, 0.5) is 0 Å². The van der Waals surface area contributed by atoms with Gasteiger partial charge >= 0.3 is 11.9 Å². The molecule has 59 heavy (non-hydrogen) atoms. The van der Waals surface area contributed by atoms with Crippen LogP contribution in [-0.4, -0.2) is 84.6 Å². The molecule has 1 saturated heterocycles. The third kappa shape index (κ3) is 6.69. The number of rotatable bonds is 10. The van der Waals surface area contributed by atoms with Gasteiger partial charge in [-0.1, -0.05) is 65.0 Å². The zero-order valence-corrected chi connectivity index (χ0v) is 37.0. The number of piperazine rings is 1. The van der Waals surface area contributed by atoms with Crippen molar-refractivity contribution in [3.05, 3.63) is 83.4 Å². The molecule has 10 heteroatoms. The van der Waals surface area contributed by atoms with Gasteiger partial charge in [0.25, 0.3) is 0 Å². The Morgan fingerprint density at radius 1 is 0.780 bits per heavy atom. The van der Waals surface area contributed by atoms with Crippen molar-refractivity contribution in [2.75, 3.05) is 39.3 Å². The molecule has 5 fully saturated rings. The van der Waals surface area contributed by atoms with Gasteiger partial charge in [-0.2, -0.15) is 4.31 Å². The number of sulfonamides is 1. The number of nitrogens with zero attached hydrogens (tertiary/aromatic N) is 2. The van der Waals surface area contributed by atoms with Crippen LogP contribution in [0.1, 0.15) is 126 Å². The van der Waals surface area contributed by atoms with Gasteiger partial charge in [-0.05, 0) is 163 Å². The molecule has 4 saturated carbocycles. The van der Waals surface area contributed by atoms with E-state index in [4.69, 9.17) is 0 Å². The van der Waals surface area contributed by atoms with Gasteiger partial charge in [-0.3, -0.25) is 4.90 Å². The van der Waals surface area contributed by atoms with Gasteiger partial charge in [0, 0.05) is 44.8 Å². The lowest BCUT2D eigenvalue weighted by Gasteiger charge is -2.72. The summed E-state index contributed by atoms with van der Waals surface area (Å²) in [6, 6.07) is 13.1. The molecule has 3 N–H and O–H groups in total. The van der Waals surface area contributed by atoms with Crippen LogP contribution in [-0.2, 0) is 10.0 Å². The zero-order chi connectivity index (χ0) is 42.3. The van der Waals surface area contributed by atoms with E-state index >= 15 is 0 Å². The SMILES string of the molecule is C=C(C)C1CCC2(NCCN3CCN(S(=O)(=O)c4ccc(C(=O)O)cc4)CC3)CCC3(C)C(CCC4C5(C)CC=C(c6ccc(C(=O)O)cc6)C(C)(C)C5CCC43C)C12. The van der Waals surface area contributed by atoms with Crippen LogP contribution in [0.3, 0.4) is 0 Å². The number of hydrogen-bond acceptors (Lipinski definition) is 6. The van der Waals surface area contributed by atoms with Gasteiger partial charge in [0.15, 0.2) is 0 Å². The summed E-state index contributed by atoms with van der Waals surface area (Å²) in [5.74, 6) is 0.939. The van der Waals surface area contributed by atoms with E-state index in [9.17, 15) is 28.2 Å². The minimum absolute atomic E-state index is 0.0182. The summed E-state index contributed by atoms with van der Waals surface area (Å²) in [5, 5.41) is 23.0. The molecule has 0 radical (unpaired) electrons. The fourth-order valence-corrected chi connectivity index (χ4v) is 16.3. The Labute approximate surface area is 352 Å². The summed E-state index contributed by atoms with van der Waals surface area (Å²) in [4.78, 5) is 25.4. The van der Waals surface area contributed by atoms with E-state index in [1.807, 2.05) is 12.1 Å². The molecule has 0 aromatic heterocycles. The molecule has 5 aliphatic carbocycles. The Balaban J connectivity index is 0.963. The molecule has 8 rings (SSSR count). The van der Waals surface area contributed by atoms with Gasteiger partial charge in [-0.25, -0.2) is 18.0 Å². The molecule has 2 aromatic carbocycles. The quantitative estimate of drug-likeness (QED) is 0.203. The molecule has 0 amide bonds. The first-order chi connectivity index (χ1) is 27.8. The fraction of sp³-hybridized carbons (Fsp3) is 0.633. The second-order valence-electron chi connectivity index (χ2n) is 20.8. The molecule has 6 aliphatic rings. The van der Waals surface area contributed by atoms with Gasteiger partial charge in [0.1, 0.15) is 0 Å². The molecule has 1 heterocycles. The number of carboxylic acids is 2. The predicted octanol–water partition coefficient (Wildman–Crippen LogP) is 9.08. The predicted molar refractivity (Wildman–Crippen MR) is 233 cm³/mol. The van der Waals surface area contributed by atoms with E-state index in [-0.39, 0.29) is 37.7 Å². The molecule has 0 spiro atoms. The average Bonchev–Trinajstić information content (AvgIpc) is 3.58. The number of benzene rings is 2. The van der Waals surface area contributed by atoms with Crippen LogP contribution in [0.25, 0.3) is 5.57 Å². The third-order valence-electron chi connectivity index (χ3n) is 18.1. The summed E-state index contributed by atoms with van der Waals surface area (Å²) >= 11 is 0. The van der Waals surface area contributed by atoms with Crippen LogP contribution in [0, 0.1) is 51.2 Å². The van der Waals surface area contributed by atoms with Crippen molar-refractivity contribution in [1.82, 2.24) is 14.5 Å². The van der Waals surface area contributed by atoms with Crippen molar-refractivity contribution in [3.63, 3.8) is 0 Å². The van der Waals surface area contributed by atoms with E-state index in [0.29, 0.717) is 61.3 Å². The van der Waals surface area contributed by atoms with Gasteiger partial charge in [-0.15, -0.1) is 0 Å². The molecule has 0 bridgehead atoms. The maximum absolute atomic E-state index is 13.4. The highest BCUT2D eigenvalue weighted by atomic mass is 32.2. The van der Waals surface area contributed by atoms with Crippen LogP contribution >= 0.6 is 0 Å². The Morgan fingerprint density at radius 2 is 1.41 bits per heavy atom. The Kier molecular flexibility index (Phi) is 10.7. The number of aromatic carboxylic acids is 2. The summed E-state index contributed by atoms with van der Waals surface area (Å²) in [7, 11) is -3.69. The van der Waals surface area contributed by atoms with E-state index in [0.717, 1.165) is 25.1 Å². The van der Waals surface area contributed by atoms with Crippen molar-refractivity contribution in [2.24, 2.45) is 51.2 Å². The van der Waals surface area contributed by atoms with Crippen LogP contribution in [0.5, 0.6) is 0 Å². The minimum Gasteiger partial charge on any atom is -0.478 e. The van der Waals surface area contributed by atoms with E-state index < -0.39 is 22.0 Å². The highest BCUT2D eigenvalue weighted by molar-refractivity contribution is 7.89. The Hall–Kier alpha value is -3.31. The number of fused-ring (bicyclic) bond motifs is 7. The standard InChI is InChI=1S/C49H67N3O6S/c1-32(2)37-18-23-49(50-26-27-51-28-30-52(31-29-51)59(57,58)36-14-12-35(13-15-36)44(55)56)25-24-47(6)39(42(37)49)16-17-41-46(5)21-19-38(33-8-10-34(11-9-33)43(53)54)45(3,4)40(46)20-22-48(41,47)7/h8-15,19,37,39-42,50H,1,16-18,20-31H2,2-7H3,(H,53,54)(H,55,56). The minimum atomic E-state index is -3.69. The lowest BCUT2D eigenvalue weighted by molar-refractivity contribution is -0.219. The normalized spacial score (nSPS) is 37.0. The van der Waals surface area contributed by atoms with Gasteiger partial charge in [0.2, 0.25) is 10.0 Å². The van der Waals surface area contributed by atoms with Crippen LogP contribution in [0.2, 0.25) is 0 Å². The fourth-order valence-electron chi connectivity index (χ4n) is 14.9. The topological polar surface area (TPSA) is 127 Å². The van der Waals surface area contributed by atoms with Gasteiger partial charge in [0.05, 0.1) is 16.0 Å². The number of allylic oxidation sites excluding steroid dienone is 3. The average molecular weight is 826 g/mol. The number of hydrogen-bond donors (Lipinski definition) is 3. The number of nitrogens with one attached hydrogen (secondary N) is 1. The van der Waals surface area contributed by atoms with E-state index in [1.54, 1.807) is 12.1 Å². The second-order valence-corrected chi connectivity index (χ2v) is 22.7. The van der Waals surface area contributed by atoms with Gasteiger partial charge < -0.3 is 15.5 Å². The molecule has 320 valence electrons. The maximum Gasteiger partial charge on any atom is 0.335 e. The summed E-state index contributed by atoms with van der Waals surface area (Å²) in [5.41, 5.74) is 5.01. The lowest BCUT2D eigenvalue weighted by Crippen LogP contribution is -2.68. The molecule has 9 atom stereocenters. The van der Waals surface area contributed by atoms with E-state index in [2.05, 4.69) is 64.4 Å². The molecular formula is C49H67N3O6S. The Bertz CT molecular complexity index is 2120. The summed E-state index contributed by atoms with van der Waals surface area (Å²) in [6.07, 6.45) is 13.4. The number of carbonyl (C=O) groups is 2. The van der Waals surface area contributed by atoms with Crippen LogP contribution < -0.4 is 5.32 Å². The maximum atomic E-state index is 13.4. The molecule has 1 aliphatic heterocycles. The van der Waals surface area contributed by atoms with Crippen LogP contribution in [0.15, 0.2) is 71.7 Å². The summed E-state index contributed by atoms with van der Waals surface area (Å²) < 4.78 is 28.3. The van der Waals surface area contributed by atoms with Crippen molar-refractivity contribution in [3.8, 4) is 0 Å².